The number of nitrogens with one attached hydrogen (secondary N) is 2. The largest absolute Gasteiger partial charge is 0.366 e. The van der Waals surface area contributed by atoms with E-state index in [1.807, 2.05) is 6.07 Å². The Balaban J connectivity index is 1.71. The van der Waals surface area contributed by atoms with Crippen molar-refractivity contribution < 1.29 is 9.59 Å². The third kappa shape index (κ3) is 3.45. The van der Waals surface area contributed by atoms with Crippen LogP contribution >= 0.6 is 11.6 Å². The van der Waals surface area contributed by atoms with Crippen LogP contribution in [0.3, 0.4) is 0 Å². The lowest BCUT2D eigenvalue weighted by atomic mass is 10.1. The van der Waals surface area contributed by atoms with Crippen LogP contribution in [0.1, 0.15) is 15.9 Å². The van der Waals surface area contributed by atoms with E-state index < -0.39 is 5.91 Å². The number of hydrogen-bond donors (Lipinski definition) is 3. The molecule has 0 saturated carbocycles. The van der Waals surface area contributed by atoms with Crippen molar-refractivity contribution in [2.45, 2.75) is 6.42 Å². The van der Waals surface area contributed by atoms with Gasteiger partial charge >= 0.3 is 0 Å². The molecule has 0 bridgehead atoms. The molecule has 4 rings (SSSR count). The van der Waals surface area contributed by atoms with Crippen molar-refractivity contribution in [3.8, 4) is 11.3 Å². The summed E-state index contributed by atoms with van der Waals surface area (Å²) in [5.41, 5.74) is 9.14. The van der Waals surface area contributed by atoms with Crippen molar-refractivity contribution in [3.05, 3.63) is 64.8 Å². The van der Waals surface area contributed by atoms with E-state index in [1.54, 1.807) is 42.6 Å². The number of carbonyl (C=O) groups excluding carboxylic acids is 2. The van der Waals surface area contributed by atoms with Gasteiger partial charge in [-0.05, 0) is 42.5 Å². The second kappa shape index (κ2) is 6.69. The monoisotopic (exact) mass is 379 g/mol. The lowest BCUT2D eigenvalue weighted by Crippen LogP contribution is -2.12. The number of rotatable bonds is 3. The van der Waals surface area contributed by atoms with E-state index in [0.717, 1.165) is 11.1 Å². The maximum atomic E-state index is 12.1. The molecule has 2 amide bonds. The summed E-state index contributed by atoms with van der Waals surface area (Å²) in [7, 11) is 0. The van der Waals surface area contributed by atoms with Crippen molar-refractivity contribution in [1.29, 1.82) is 0 Å². The topological polar surface area (TPSA) is 110 Å². The molecule has 7 nitrogen and oxygen atoms in total. The number of halogens is 1. The Labute approximate surface area is 159 Å². The standard InChI is InChI=1S/C19H14ClN5O2/c20-12-3-6-14-15(8-12)24-16(26)7-11-9-22-19(25-17(11)14)23-13-4-1-10(2-5-13)18(21)27/h1-6,8-9H,7H2,(H2,21,27)(H,24,26)(H,22,23,25). The van der Waals surface area contributed by atoms with Crippen LogP contribution in [0, 0.1) is 0 Å². The van der Waals surface area contributed by atoms with Gasteiger partial charge in [0.25, 0.3) is 0 Å². The van der Waals surface area contributed by atoms with E-state index in [1.165, 1.54) is 0 Å². The van der Waals surface area contributed by atoms with Crippen LogP contribution in [0.4, 0.5) is 17.3 Å². The number of aromatic nitrogens is 2. The SMILES string of the molecule is NC(=O)c1ccc(Nc2ncc3c(n2)-c2ccc(Cl)cc2NC(=O)C3)cc1. The lowest BCUT2D eigenvalue weighted by Gasteiger charge is -2.11. The van der Waals surface area contributed by atoms with Crippen molar-refractivity contribution in [2.24, 2.45) is 5.73 Å². The Morgan fingerprint density at radius 2 is 1.96 bits per heavy atom. The molecule has 4 N–H and O–H groups in total. The number of benzene rings is 2. The molecule has 134 valence electrons. The molecule has 0 radical (unpaired) electrons. The molecular formula is C19H14ClN5O2. The molecule has 0 saturated heterocycles. The average molecular weight is 380 g/mol. The number of primary amides is 1. The summed E-state index contributed by atoms with van der Waals surface area (Å²) in [4.78, 5) is 32.2. The minimum absolute atomic E-state index is 0.149. The average Bonchev–Trinajstić information content (AvgIpc) is 2.77. The van der Waals surface area contributed by atoms with Gasteiger partial charge in [0, 0.05) is 33.6 Å². The number of amides is 2. The number of nitrogens with two attached hydrogens (primary N) is 1. The van der Waals surface area contributed by atoms with E-state index in [-0.39, 0.29) is 12.3 Å². The summed E-state index contributed by atoms with van der Waals surface area (Å²) >= 11 is 6.05. The highest BCUT2D eigenvalue weighted by Gasteiger charge is 2.21. The van der Waals surface area contributed by atoms with E-state index in [4.69, 9.17) is 17.3 Å². The molecule has 0 atom stereocenters. The molecule has 0 spiro atoms. The van der Waals surface area contributed by atoms with Crippen LogP contribution in [0.5, 0.6) is 0 Å². The van der Waals surface area contributed by atoms with Gasteiger partial charge in [-0.3, -0.25) is 9.59 Å². The zero-order valence-corrected chi connectivity index (χ0v) is 14.7. The summed E-state index contributed by atoms with van der Waals surface area (Å²) < 4.78 is 0. The highest BCUT2D eigenvalue weighted by Crippen LogP contribution is 2.34. The van der Waals surface area contributed by atoms with Crippen molar-refractivity contribution >= 4 is 40.7 Å². The van der Waals surface area contributed by atoms with Crippen LogP contribution in [-0.2, 0) is 11.2 Å². The van der Waals surface area contributed by atoms with E-state index >= 15 is 0 Å². The predicted octanol–water partition coefficient (Wildman–Crippen LogP) is 3.13. The first kappa shape index (κ1) is 17.0. The Morgan fingerprint density at radius 1 is 1.19 bits per heavy atom. The molecule has 8 heteroatoms. The molecule has 3 aromatic rings. The Hall–Kier alpha value is -3.45. The van der Waals surface area contributed by atoms with Crippen molar-refractivity contribution in [1.82, 2.24) is 9.97 Å². The summed E-state index contributed by atoms with van der Waals surface area (Å²) in [6.45, 7) is 0. The second-order valence-electron chi connectivity index (χ2n) is 6.05. The molecular weight excluding hydrogens is 366 g/mol. The molecule has 1 aliphatic rings. The van der Waals surface area contributed by atoms with Gasteiger partial charge in [-0.25, -0.2) is 9.97 Å². The predicted molar refractivity (Wildman–Crippen MR) is 103 cm³/mol. The Kier molecular flexibility index (Phi) is 4.21. The maximum absolute atomic E-state index is 12.1. The van der Waals surface area contributed by atoms with Crippen molar-refractivity contribution in [3.63, 3.8) is 0 Å². The zero-order chi connectivity index (χ0) is 19.0. The summed E-state index contributed by atoms with van der Waals surface area (Å²) in [6, 6.07) is 11.9. The number of fused-ring (bicyclic) bond motifs is 3. The molecule has 27 heavy (non-hydrogen) atoms. The van der Waals surface area contributed by atoms with E-state index in [9.17, 15) is 9.59 Å². The minimum Gasteiger partial charge on any atom is -0.366 e. The Bertz CT molecular complexity index is 1070. The molecule has 1 aromatic heterocycles. The second-order valence-corrected chi connectivity index (χ2v) is 6.49. The van der Waals surface area contributed by atoms with Gasteiger partial charge in [-0.1, -0.05) is 11.6 Å². The number of carbonyl (C=O) groups is 2. The molecule has 0 aliphatic carbocycles. The van der Waals surface area contributed by atoms with Gasteiger partial charge in [0.2, 0.25) is 17.8 Å². The van der Waals surface area contributed by atoms with E-state index in [2.05, 4.69) is 20.6 Å². The fourth-order valence-electron chi connectivity index (χ4n) is 2.87. The van der Waals surface area contributed by atoms with Crippen LogP contribution < -0.4 is 16.4 Å². The van der Waals surface area contributed by atoms with E-state index in [0.29, 0.717) is 33.6 Å². The fraction of sp³-hybridized carbons (Fsp3) is 0.0526. The highest BCUT2D eigenvalue weighted by molar-refractivity contribution is 6.31. The van der Waals surface area contributed by atoms with Gasteiger partial charge in [0.05, 0.1) is 17.8 Å². The number of anilines is 3. The molecule has 1 aliphatic heterocycles. The normalized spacial score (nSPS) is 12.4. The third-order valence-electron chi connectivity index (χ3n) is 4.15. The van der Waals surface area contributed by atoms with Crippen LogP contribution in [0.15, 0.2) is 48.7 Å². The number of nitrogens with zero attached hydrogens (tertiary/aromatic N) is 2. The molecule has 0 unspecified atom stereocenters. The lowest BCUT2D eigenvalue weighted by molar-refractivity contribution is -0.115. The fourth-order valence-corrected chi connectivity index (χ4v) is 3.04. The van der Waals surface area contributed by atoms with Gasteiger partial charge in [0.15, 0.2) is 0 Å². The van der Waals surface area contributed by atoms with Gasteiger partial charge in [0.1, 0.15) is 0 Å². The highest BCUT2D eigenvalue weighted by atomic mass is 35.5. The van der Waals surface area contributed by atoms with Crippen LogP contribution in [-0.4, -0.2) is 21.8 Å². The molecule has 2 heterocycles. The zero-order valence-electron chi connectivity index (χ0n) is 14.0. The maximum Gasteiger partial charge on any atom is 0.248 e. The first-order valence-electron chi connectivity index (χ1n) is 8.12. The quantitative estimate of drug-likeness (QED) is 0.647. The molecule has 2 aromatic carbocycles. The first-order chi connectivity index (χ1) is 13.0. The molecule has 0 fully saturated rings. The summed E-state index contributed by atoms with van der Waals surface area (Å²) in [6.07, 6.45) is 1.81. The number of hydrogen-bond acceptors (Lipinski definition) is 5. The first-order valence-corrected chi connectivity index (χ1v) is 8.50. The Morgan fingerprint density at radius 3 is 2.70 bits per heavy atom. The van der Waals surface area contributed by atoms with Crippen LogP contribution in [0.2, 0.25) is 5.02 Å². The third-order valence-corrected chi connectivity index (χ3v) is 4.39. The van der Waals surface area contributed by atoms with Gasteiger partial charge in [-0.2, -0.15) is 0 Å². The smallest absolute Gasteiger partial charge is 0.248 e. The summed E-state index contributed by atoms with van der Waals surface area (Å²) in [5.74, 6) is -0.269. The van der Waals surface area contributed by atoms with Gasteiger partial charge < -0.3 is 16.4 Å². The van der Waals surface area contributed by atoms with Crippen molar-refractivity contribution in [2.75, 3.05) is 10.6 Å². The summed E-state index contributed by atoms with van der Waals surface area (Å²) in [5, 5.41) is 6.46. The van der Waals surface area contributed by atoms with Crippen LogP contribution in [0.25, 0.3) is 11.3 Å². The van der Waals surface area contributed by atoms with Gasteiger partial charge in [-0.15, -0.1) is 0 Å². The minimum atomic E-state index is -0.490.